The van der Waals surface area contributed by atoms with Crippen LogP contribution in [-0.2, 0) is 6.54 Å². The number of imidazole rings is 1. The summed E-state index contributed by atoms with van der Waals surface area (Å²) in [5, 5.41) is 8.89. The number of hydrogen-bond acceptors (Lipinski definition) is 3. The number of piperidine rings is 1. The molecule has 1 aliphatic heterocycles. The van der Waals surface area contributed by atoms with Crippen molar-refractivity contribution in [3.8, 4) is 6.07 Å². The van der Waals surface area contributed by atoms with Crippen molar-refractivity contribution in [2.75, 3.05) is 13.1 Å². The summed E-state index contributed by atoms with van der Waals surface area (Å²) < 4.78 is 0.191. The van der Waals surface area contributed by atoms with Gasteiger partial charge in [-0.15, -0.1) is 0 Å². The van der Waals surface area contributed by atoms with Crippen LogP contribution in [-0.4, -0.2) is 31.4 Å². The van der Waals surface area contributed by atoms with Crippen molar-refractivity contribution < 1.29 is 0 Å². The van der Waals surface area contributed by atoms with Crippen LogP contribution in [0.4, 0.5) is 0 Å². The molecule has 1 aromatic heterocycles. The number of nitrogens with zero attached hydrogens (tertiary/aromatic N) is 3. The maximum atomic E-state index is 8.89. The summed E-state index contributed by atoms with van der Waals surface area (Å²) in [6.45, 7) is 3.13. The average Bonchev–Trinajstić information content (AvgIpc) is 2.89. The Balaban J connectivity index is 1.63. The number of benzene rings is 1. The van der Waals surface area contributed by atoms with Gasteiger partial charge in [-0.1, -0.05) is 28.7 Å². The van der Waals surface area contributed by atoms with Gasteiger partial charge in [-0.2, -0.15) is 5.26 Å². The number of fused-ring (bicyclic) bond motifs is 1. The van der Waals surface area contributed by atoms with E-state index in [2.05, 4.69) is 61.7 Å². The van der Waals surface area contributed by atoms with E-state index in [9.17, 15) is 0 Å². The zero-order valence-corrected chi connectivity index (χ0v) is 13.4. The van der Waals surface area contributed by atoms with Crippen molar-refractivity contribution in [2.24, 2.45) is 0 Å². The highest BCUT2D eigenvalue weighted by molar-refractivity contribution is 14.1. The van der Waals surface area contributed by atoms with Crippen molar-refractivity contribution in [3.05, 3.63) is 30.1 Å². The molecule has 1 saturated heterocycles. The van der Waals surface area contributed by atoms with Gasteiger partial charge in [0.15, 0.2) is 0 Å². The minimum absolute atomic E-state index is 0.191. The van der Waals surface area contributed by atoms with Crippen LogP contribution in [0, 0.1) is 11.3 Å². The van der Waals surface area contributed by atoms with Gasteiger partial charge >= 0.3 is 0 Å². The minimum atomic E-state index is 0.191. The Morgan fingerprint density at radius 2 is 2.20 bits per heavy atom. The Morgan fingerprint density at radius 3 is 2.95 bits per heavy atom. The number of hydrogen-bond donors (Lipinski definition) is 1. The van der Waals surface area contributed by atoms with Crippen LogP contribution in [0.2, 0.25) is 0 Å². The summed E-state index contributed by atoms with van der Waals surface area (Å²) in [7, 11) is 0. The number of aromatic amines is 1. The van der Waals surface area contributed by atoms with E-state index < -0.39 is 0 Å². The van der Waals surface area contributed by atoms with E-state index in [4.69, 9.17) is 5.26 Å². The second-order valence-corrected chi connectivity index (χ2v) is 7.80. The first-order chi connectivity index (χ1) is 9.68. The monoisotopic (exact) mass is 380 g/mol. The number of halogens is 1. The van der Waals surface area contributed by atoms with Crippen LogP contribution in [0.15, 0.2) is 24.5 Å². The second-order valence-electron chi connectivity index (χ2n) is 5.52. The molecule has 3 rings (SSSR count). The lowest BCUT2D eigenvalue weighted by Gasteiger charge is -2.36. The zero-order valence-electron chi connectivity index (χ0n) is 11.3. The molecule has 0 aliphatic carbocycles. The Labute approximate surface area is 132 Å². The molecule has 2 aromatic rings. The molecule has 2 heterocycles. The van der Waals surface area contributed by atoms with Gasteiger partial charge < -0.3 is 4.98 Å². The second kappa shape index (κ2) is 5.70. The quantitative estimate of drug-likeness (QED) is 0.657. The molecule has 0 radical (unpaired) electrons. The minimum Gasteiger partial charge on any atom is -0.345 e. The maximum absolute atomic E-state index is 8.89. The Morgan fingerprint density at radius 1 is 1.40 bits per heavy atom. The predicted octanol–water partition coefficient (Wildman–Crippen LogP) is 3.25. The van der Waals surface area contributed by atoms with Crippen molar-refractivity contribution >= 4 is 33.6 Å². The van der Waals surface area contributed by atoms with Gasteiger partial charge in [0.05, 0.1) is 23.4 Å². The van der Waals surface area contributed by atoms with Crippen molar-refractivity contribution in [1.82, 2.24) is 14.9 Å². The fourth-order valence-electron chi connectivity index (χ4n) is 2.77. The standard InChI is InChI=1S/C15H17IN4/c16-15(3-6-17)4-7-20(8-5-15)10-12-1-2-13-14(9-12)19-11-18-13/h1-2,9,11H,3-5,7-8,10H2,(H,18,19). The van der Waals surface area contributed by atoms with Crippen LogP contribution in [0.5, 0.6) is 0 Å². The predicted molar refractivity (Wildman–Crippen MR) is 87.6 cm³/mol. The van der Waals surface area contributed by atoms with Gasteiger partial charge in [0.1, 0.15) is 0 Å². The topological polar surface area (TPSA) is 55.7 Å². The van der Waals surface area contributed by atoms with E-state index in [0.717, 1.165) is 43.5 Å². The lowest BCUT2D eigenvalue weighted by atomic mass is 9.94. The van der Waals surface area contributed by atoms with Crippen molar-refractivity contribution in [2.45, 2.75) is 29.2 Å². The summed E-state index contributed by atoms with van der Waals surface area (Å²) >= 11 is 2.48. The molecule has 1 aliphatic rings. The third-order valence-electron chi connectivity index (χ3n) is 4.04. The van der Waals surface area contributed by atoms with Crippen molar-refractivity contribution in [3.63, 3.8) is 0 Å². The van der Waals surface area contributed by atoms with Crippen molar-refractivity contribution in [1.29, 1.82) is 5.26 Å². The summed E-state index contributed by atoms with van der Waals surface area (Å²) in [6, 6.07) is 8.74. The highest BCUT2D eigenvalue weighted by Crippen LogP contribution is 2.35. The lowest BCUT2D eigenvalue weighted by Crippen LogP contribution is -2.40. The molecule has 4 nitrogen and oxygen atoms in total. The number of aromatic nitrogens is 2. The molecule has 0 spiro atoms. The smallest absolute Gasteiger partial charge is 0.0931 e. The molecule has 1 N–H and O–H groups in total. The molecule has 0 saturated carbocycles. The zero-order chi connectivity index (χ0) is 14.0. The van der Waals surface area contributed by atoms with E-state index in [1.807, 2.05) is 0 Å². The average molecular weight is 380 g/mol. The molecule has 104 valence electrons. The molecular weight excluding hydrogens is 363 g/mol. The lowest BCUT2D eigenvalue weighted by molar-refractivity contribution is 0.199. The summed E-state index contributed by atoms with van der Waals surface area (Å²) in [5.41, 5.74) is 3.45. The summed E-state index contributed by atoms with van der Waals surface area (Å²) in [6.07, 6.45) is 4.62. The van der Waals surface area contributed by atoms with E-state index >= 15 is 0 Å². The fourth-order valence-corrected chi connectivity index (χ4v) is 3.42. The number of nitrogens with one attached hydrogen (secondary N) is 1. The van der Waals surface area contributed by atoms with Crippen LogP contribution in [0.1, 0.15) is 24.8 Å². The number of H-pyrrole nitrogens is 1. The molecule has 0 atom stereocenters. The first-order valence-corrected chi connectivity index (χ1v) is 7.97. The molecule has 0 amide bonds. The third kappa shape index (κ3) is 2.96. The Bertz CT molecular complexity index is 635. The molecule has 0 unspecified atom stereocenters. The van der Waals surface area contributed by atoms with E-state index in [-0.39, 0.29) is 3.42 Å². The largest absolute Gasteiger partial charge is 0.345 e. The molecule has 1 aromatic carbocycles. The van der Waals surface area contributed by atoms with Crippen LogP contribution >= 0.6 is 22.6 Å². The van der Waals surface area contributed by atoms with Gasteiger partial charge in [0.25, 0.3) is 0 Å². The Kier molecular flexibility index (Phi) is 3.94. The molecule has 20 heavy (non-hydrogen) atoms. The van der Waals surface area contributed by atoms with E-state index in [0.29, 0.717) is 6.42 Å². The molecular formula is C15H17IN4. The van der Waals surface area contributed by atoms with Gasteiger partial charge in [-0.25, -0.2) is 4.98 Å². The Hall–Kier alpha value is -1.13. The first-order valence-electron chi connectivity index (χ1n) is 6.89. The highest BCUT2D eigenvalue weighted by atomic mass is 127. The number of rotatable bonds is 3. The van der Waals surface area contributed by atoms with E-state index in [1.165, 1.54) is 5.56 Å². The van der Waals surface area contributed by atoms with Gasteiger partial charge in [-0.05, 0) is 43.6 Å². The summed E-state index contributed by atoms with van der Waals surface area (Å²) in [5.74, 6) is 0. The number of alkyl halides is 1. The van der Waals surface area contributed by atoms with Crippen LogP contribution in [0.25, 0.3) is 11.0 Å². The van der Waals surface area contributed by atoms with Gasteiger partial charge in [0.2, 0.25) is 0 Å². The first kappa shape index (κ1) is 13.8. The number of nitriles is 1. The van der Waals surface area contributed by atoms with Gasteiger partial charge in [0, 0.05) is 16.4 Å². The molecule has 0 bridgehead atoms. The maximum Gasteiger partial charge on any atom is 0.0931 e. The normalized spacial score (nSPS) is 19.0. The highest BCUT2D eigenvalue weighted by Gasteiger charge is 2.31. The fraction of sp³-hybridized carbons (Fsp3) is 0.467. The number of likely N-dealkylation sites (tertiary alicyclic amines) is 1. The SMILES string of the molecule is N#CCC1(I)CCN(Cc2ccc3nc[nH]c3c2)CC1. The van der Waals surface area contributed by atoms with Crippen LogP contribution in [0.3, 0.4) is 0 Å². The van der Waals surface area contributed by atoms with Gasteiger partial charge in [-0.3, -0.25) is 4.90 Å². The molecule has 1 fully saturated rings. The molecule has 5 heteroatoms. The van der Waals surface area contributed by atoms with Crippen LogP contribution < -0.4 is 0 Å². The third-order valence-corrected chi connectivity index (χ3v) is 5.50. The summed E-state index contributed by atoms with van der Waals surface area (Å²) in [4.78, 5) is 9.88. The van der Waals surface area contributed by atoms with E-state index in [1.54, 1.807) is 6.33 Å².